The van der Waals surface area contributed by atoms with Gasteiger partial charge in [0, 0.05) is 10.7 Å². The fraction of sp³-hybridized carbons (Fsp3) is 0.192. The summed E-state index contributed by atoms with van der Waals surface area (Å²) < 4.78 is 5.54. The third-order valence-electron chi connectivity index (χ3n) is 6.43. The second kappa shape index (κ2) is 9.68. The summed E-state index contributed by atoms with van der Waals surface area (Å²) in [4.78, 5) is 43.2. The third-order valence-corrected chi connectivity index (χ3v) is 8.47. The fourth-order valence-electron chi connectivity index (χ4n) is 4.76. The smallest absolute Gasteiger partial charge is 0.264 e. The van der Waals surface area contributed by atoms with Crippen molar-refractivity contribution in [3.8, 4) is 5.75 Å². The Morgan fingerprint density at radius 2 is 1.32 bits per heavy atom. The highest BCUT2D eigenvalue weighted by molar-refractivity contribution is 6.55. The molecule has 2 aliphatic heterocycles. The number of fused-ring (bicyclic) bond motifs is 1. The summed E-state index contributed by atoms with van der Waals surface area (Å²) in [6.45, 7) is 4.18. The second-order valence-electron chi connectivity index (χ2n) is 8.52. The Bertz CT molecular complexity index is 1440. The van der Waals surface area contributed by atoms with Gasteiger partial charge in [0.2, 0.25) is 0 Å². The summed E-state index contributed by atoms with van der Waals surface area (Å²) in [5.41, 5.74) is 1.69. The summed E-state index contributed by atoms with van der Waals surface area (Å²) in [6, 6.07) is 10.4. The number of imide groups is 1. The van der Waals surface area contributed by atoms with Gasteiger partial charge in [-0.25, -0.2) is 0 Å². The molecule has 0 N–H and O–H groups in total. The molecule has 0 spiro atoms. The molecule has 0 saturated carbocycles. The number of rotatable bonds is 5. The molecule has 0 aliphatic carbocycles. The summed E-state index contributed by atoms with van der Waals surface area (Å²) >= 11 is 31.1. The van der Waals surface area contributed by atoms with Crippen LogP contribution in [0.4, 0.5) is 5.69 Å². The molecule has 3 amide bonds. The van der Waals surface area contributed by atoms with Gasteiger partial charge in [0.25, 0.3) is 17.7 Å². The highest BCUT2D eigenvalue weighted by atomic mass is 35.5. The van der Waals surface area contributed by atoms with E-state index < -0.39 is 29.8 Å². The zero-order chi connectivity index (χ0) is 26.8. The molecule has 37 heavy (non-hydrogen) atoms. The zero-order valence-electron chi connectivity index (χ0n) is 19.3. The average molecular weight is 599 g/mol. The van der Waals surface area contributed by atoms with Gasteiger partial charge in [0.1, 0.15) is 11.8 Å². The fourth-order valence-corrected chi connectivity index (χ4v) is 6.00. The first-order valence-corrected chi connectivity index (χ1v) is 13.0. The molecule has 2 aliphatic rings. The van der Waals surface area contributed by atoms with Gasteiger partial charge in [-0.15, -0.1) is 0 Å². The summed E-state index contributed by atoms with van der Waals surface area (Å²) in [7, 11) is 0. The maximum atomic E-state index is 13.7. The summed E-state index contributed by atoms with van der Waals surface area (Å²) in [5, 5.41) is -0.154. The zero-order valence-corrected chi connectivity index (χ0v) is 23.1. The van der Waals surface area contributed by atoms with Crippen LogP contribution in [0.1, 0.15) is 44.8 Å². The van der Waals surface area contributed by atoms with E-state index in [1.807, 2.05) is 13.8 Å². The van der Waals surface area contributed by atoms with Crippen LogP contribution in [-0.4, -0.2) is 35.3 Å². The van der Waals surface area contributed by atoms with Crippen molar-refractivity contribution in [2.45, 2.75) is 25.9 Å². The van der Waals surface area contributed by atoms with E-state index in [-0.39, 0.29) is 31.2 Å². The number of halogens is 5. The molecule has 6 nitrogen and oxygen atoms in total. The van der Waals surface area contributed by atoms with Crippen molar-refractivity contribution >= 4 is 81.4 Å². The van der Waals surface area contributed by atoms with Crippen molar-refractivity contribution in [3.05, 3.63) is 89.8 Å². The molecule has 0 radical (unpaired) electrons. The standard InChI is InChI=1S/C26H17Cl5N2O4/c1-3-37-14-7-4-12(5-8-14)22-23(26(36)32(22)15-9-6-13(27)10-11(15)2)33-24(34)16-17(25(33)35)19(29)21(31)20(30)18(16)28/h4-10,22-23H,3H2,1-2H3/t22-,23+/m1/s1. The highest BCUT2D eigenvalue weighted by Crippen LogP contribution is 2.49. The number of β-lactam (4-membered cyclic amide) rings is 1. The molecule has 0 aromatic heterocycles. The molecular formula is C26H17Cl5N2O4. The Hall–Kier alpha value is -2.48. The number of aryl methyl sites for hydroxylation is 1. The highest BCUT2D eigenvalue weighted by Gasteiger charge is 2.58. The van der Waals surface area contributed by atoms with Crippen LogP contribution in [0.2, 0.25) is 25.1 Å². The van der Waals surface area contributed by atoms with E-state index in [0.29, 0.717) is 28.6 Å². The van der Waals surface area contributed by atoms with Crippen molar-refractivity contribution < 1.29 is 19.1 Å². The van der Waals surface area contributed by atoms with Crippen LogP contribution >= 0.6 is 58.0 Å². The number of benzene rings is 3. The number of carbonyl (C=O) groups is 3. The monoisotopic (exact) mass is 596 g/mol. The minimum atomic E-state index is -1.16. The molecule has 0 bridgehead atoms. The van der Waals surface area contributed by atoms with Gasteiger partial charge in [-0.05, 0) is 55.3 Å². The van der Waals surface area contributed by atoms with Crippen molar-refractivity contribution in [1.82, 2.24) is 4.90 Å². The van der Waals surface area contributed by atoms with Crippen LogP contribution in [0.5, 0.6) is 5.75 Å². The number of hydrogen-bond acceptors (Lipinski definition) is 4. The van der Waals surface area contributed by atoms with Crippen molar-refractivity contribution in [2.75, 3.05) is 11.5 Å². The van der Waals surface area contributed by atoms with E-state index in [9.17, 15) is 14.4 Å². The minimum Gasteiger partial charge on any atom is -0.494 e. The van der Waals surface area contributed by atoms with E-state index in [0.717, 1.165) is 10.5 Å². The first-order valence-electron chi connectivity index (χ1n) is 11.1. The Balaban J connectivity index is 1.63. The van der Waals surface area contributed by atoms with Crippen LogP contribution in [0.15, 0.2) is 42.5 Å². The van der Waals surface area contributed by atoms with E-state index >= 15 is 0 Å². The molecule has 2 heterocycles. The van der Waals surface area contributed by atoms with E-state index in [2.05, 4.69) is 0 Å². The van der Waals surface area contributed by atoms with E-state index in [1.165, 1.54) is 0 Å². The van der Waals surface area contributed by atoms with Gasteiger partial charge in [0.05, 0.1) is 43.9 Å². The maximum Gasteiger partial charge on any atom is 0.264 e. The lowest BCUT2D eigenvalue weighted by Gasteiger charge is -2.50. The lowest BCUT2D eigenvalue weighted by Crippen LogP contribution is -2.67. The predicted octanol–water partition coefficient (Wildman–Crippen LogP) is 7.41. The largest absolute Gasteiger partial charge is 0.494 e. The first kappa shape index (κ1) is 26.1. The Morgan fingerprint density at radius 3 is 1.84 bits per heavy atom. The van der Waals surface area contributed by atoms with Gasteiger partial charge in [0.15, 0.2) is 0 Å². The number of hydrogen-bond donors (Lipinski definition) is 0. The summed E-state index contributed by atoms with van der Waals surface area (Å²) in [5.74, 6) is -1.35. The molecular weight excluding hydrogens is 582 g/mol. The normalized spacial score (nSPS) is 18.8. The summed E-state index contributed by atoms with van der Waals surface area (Å²) in [6.07, 6.45) is 0. The Morgan fingerprint density at radius 1 is 0.757 bits per heavy atom. The van der Waals surface area contributed by atoms with Crippen molar-refractivity contribution in [2.24, 2.45) is 0 Å². The molecule has 5 rings (SSSR count). The molecule has 3 aromatic carbocycles. The third kappa shape index (κ3) is 3.98. The van der Waals surface area contributed by atoms with Gasteiger partial charge in [-0.1, -0.05) is 70.1 Å². The molecule has 190 valence electrons. The number of ether oxygens (including phenoxy) is 1. The van der Waals surface area contributed by atoms with Crippen LogP contribution in [-0.2, 0) is 4.79 Å². The maximum absolute atomic E-state index is 13.7. The van der Waals surface area contributed by atoms with Crippen LogP contribution in [0.3, 0.4) is 0 Å². The SMILES string of the molecule is CCOc1ccc([C@@H]2[C@H](N3C(=O)c4c(Cl)c(Cl)c(Cl)c(Cl)c4C3=O)C(=O)N2c2ccc(Cl)cc2C)cc1. The lowest BCUT2D eigenvalue weighted by atomic mass is 9.85. The van der Waals surface area contributed by atoms with E-state index in [4.69, 9.17) is 62.7 Å². The Kier molecular flexibility index (Phi) is 6.84. The number of anilines is 1. The van der Waals surface area contributed by atoms with Crippen molar-refractivity contribution in [3.63, 3.8) is 0 Å². The first-order chi connectivity index (χ1) is 17.6. The van der Waals surface area contributed by atoms with Gasteiger partial charge in [-0.3, -0.25) is 19.3 Å². The molecule has 3 aromatic rings. The number of carbonyl (C=O) groups excluding carboxylic acids is 3. The quantitative estimate of drug-likeness (QED) is 0.133. The minimum absolute atomic E-state index is 0.142. The average Bonchev–Trinajstić information content (AvgIpc) is 3.12. The molecule has 1 saturated heterocycles. The number of nitrogens with zero attached hydrogens (tertiary/aromatic N) is 2. The van der Waals surface area contributed by atoms with E-state index in [1.54, 1.807) is 47.4 Å². The Labute approximate surface area is 237 Å². The molecule has 1 fully saturated rings. The molecule has 11 heteroatoms. The lowest BCUT2D eigenvalue weighted by molar-refractivity contribution is -0.130. The molecule has 2 atom stereocenters. The van der Waals surface area contributed by atoms with Crippen LogP contribution < -0.4 is 9.64 Å². The topological polar surface area (TPSA) is 66.9 Å². The number of amides is 3. The van der Waals surface area contributed by atoms with Gasteiger partial charge >= 0.3 is 0 Å². The molecule has 0 unspecified atom stereocenters. The predicted molar refractivity (Wildman–Crippen MR) is 145 cm³/mol. The van der Waals surface area contributed by atoms with Crippen LogP contribution in [0, 0.1) is 6.92 Å². The van der Waals surface area contributed by atoms with Gasteiger partial charge in [-0.2, -0.15) is 0 Å². The van der Waals surface area contributed by atoms with Crippen LogP contribution in [0.25, 0.3) is 0 Å². The second-order valence-corrected chi connectivity index (χ2v) is 10.5. The van der Waals surface area contributed by atoms with Gasteiger partial charge < -0.3 is 9.64 Å². The van der Waals surface area contributed by atoms with Crippen molar-refractivity contribution in [1.29, 1.82) is 0 Å².